The van der Waals surface area contributed by atoms with E-state index in [9.17, 15) is 9.59 Å². The topological polar surface area (TPSA) is 109 Å². The highest BCUT2D eigenvalue weighted by molar-refractivity contribution is 7.13. The number of aromatic nitrogens is 2. The van der Waals surface area contributed by atoms with Gasteiger partial charge in [-0.1, -0.05) is 12.1 Å². The number of carbonyl (C=O) groups is 2. The van der Waals surface area contributed by atoms with Crippen molar-refractivity contribution in [3.8, 4) is 11.5 Å². The number of fused-ring (bicyclic) bond motifs is 1. The number of rotatable bonds is 6. The Kier molecular flexibility index (Phi) is 6.43. The first kappa shape index (κ1) is 22.0. The van der Waals surface area contributed by atoms with Gasteiger partial charge in [-0.3, -0.25) is 10.1 Å². The van der Waals surface area contributed by atoms with E-state index in [4.69, 9.17) is 9.47 Å². The van der Waals surface area contributed by atoms with Crippen molar-refractivity contribution < 1.29 is 19.1 Å². The van der Waals surface area contributed by atoms with Crippen LogP contribution < -0.4 is 25.0 Å². The summed E-state index contributed by atoms with van der Waals surface area (Å²) in [5, 5.41) is 8.00. The molecule has 10 nitrogen and oxygen atoms in total. The van der Waals surface area contributed by atoms with Gasteiger partial charge in [-0.2, -0.15) is 0 Å². The first-order valence-corrected chi connectivity index (χ1v) is 11.8. The smallest absolute Gasteiger partial charge is 0.323 e. The van der Waals surface area contributed by atoms with E-state index in [1.807, 2.05) is 36.4 Å². The number of pyridine rings is 1. The molecule has 0 radical (unpaired) electrons. The van der Waals surface area contributed by atoms with Gasteiger partial charge in [0.25, 0.3) is 0 Å². The Morgan fingerprint density at radius 1 is 1.06 bits per heavy atom. The number of urea groups is 1. The summed E-state index contributed by atoms with van der Waals surface area (Å²) in [4.78, 5) is 37.6. The number of carbonyl (C=O) groups excluding carboxylic acids is 2. The van der Waals surface area contributed by atoms with E-state index in [2.05, 4.69) is 25.5 Å². The second kappa shape index (κ2) is 9.96. The molecule has 0 aliphatic carbocycles. The standard InChI is InChI=1S/C23H24N6O4S/c30-21(25-13-16-4-5-18-19(11-16)33-15-32-18)12-17-14-34-22(26-17)27-23(31)29-9-7-28(8-10-29)20-3-1-2-6-24-20/h1-6,11,14H,7-10,12-13,15H2,(H,25,30)(H,26,27,31). The first-order chi connectivity index (χ1) is 16.6. The number of amides is 3. The van der Waals surface area contributed by atoms with Gasteiger partial charge in [-0.25, -0.2) is 14.8 Å². The molecule has 1 saturated heterocycles. The van der Waals surface area contributed by atoms with Gasteiger partial charge in [0.1, 0.15) is 5.82 Å². The lowest BCUT2D eigenvalue weighted by Gasteiger charge is -2.35. The van der Waals surface area contributed by atoms with Crippen LogP contribution in [-0.4, -0.2) is 59.8 Å². The van der Waals surface area contributed by atoms with Gasteiger partial charge in [0.2, 0.25) is 12.7 Å². The van der Waals surface area contributed by atoms with Crippen molar-refractivity contribution in [1.29, 1.82) is 0 Å². The molecule has 0 saturated carbocycles. The minimum atomic E-state index is -0.186. The molecule has 0 spiro atoms. The summed E-state index contributed by atoms with van der Waals surface area (Å²) >= 11 is 1.31. The highest BCUT2D eigenvalue weighted by atomic mass is 32.1. The van der Waals surface area contributed by atoms with E-state index < -0.39 is 0 Å². The summed E-state index contributed by atoms with van der Waals surface area (Å²) in [7, 11) is 0. The van der Waals surface area contributed by atoms with Gasteiger partial charge in [0.05, 0.1) is 12.1 Å². The van der Waals surface area contributed by atoms with Crippen LogP contribution in [0.3, 0.4) is 0 Å². The lowest BCUT2D eigenvalue weighted by atomic mass is 10.2. The van der Waals surface area contributed by atoms with Crippen LogP contribution in [-0.2, 0) is 17.8 Å². The Bertz CT molecular complexity index is 1160. The van der Waals surface area contributed by atoms with E-state index >= 15 is 0 Å². The number of benzene rings is 1. The zero-order valence-electron chi connectivity index (χ0n) is 18.4. The number of nitrogens with one attached hydrogen (secondary N) is 2. The van der Waals surface area contributed by atoms with Gasteiger partial charge < -0.3 is 24.6 Å². The number of hydrogen-bond acceptors (Lipinski definition) is 8. The van der Waals surface area contributed by atoms with Gasteiger partial charge in [0.15, 0.2) is 16.6 Å². The molecule has 3 amide bonds. The van der Waals surface area contributed by atoms with E-state index in [0.29, 0.717) is 42.0 Å². The SMILES string of the molecule is O=C(Cc1csc(NC(=O)N2CCN(c3ccccn3)CC2)n1)NCc1ccc2c(c1)OCO2. The van der Waals surface area contributed by atoms with Crippen molar-refractivity contribution in [3.63, 3.8) is 0 Å². The Morgan fingerprint density at radius 3 is 2.74 bits per heavy atom. The molecular formula is C23H24N6O4S. The summed E-state index contributed by atoms with van der Waals surface area (Å²) in [6.07, 6.45) is 1.91. The van der Waals surface area contributed by atoms with E-state index in [1.165, 1.54) is 11.3 Å². The molecule has 1 fully saturated rings. The third-order valence-electron chi connectivity index (χ3n) is 5.57. The van der Waals surface area contributed by atoms with E-state index in [1.54, 1.807) is 16.5 Å². The van der Waals surface area contributed by atoms with E-state index in [0.717, 1.165) is 24.5 Å². The number of piperazine rings is 1. The summed E-state index contributed by atoms with van der Waals surface area (Å²) in [5.74, 6) is 2.17. The predicted molar refractivity (Wildman–Crippen MR) is 127 cm³/mol. The Hall–Kier alpha value is -3.86. The van der Waals surface area contributed by atoms with Gasteiger partial charge >= 0.3 is 6.03 Å². The number of thiazole rings is 1. The van der Waals surface area contributed by atoms with Crippen molar-refractivity contribution >= 4 is 34.2 Å². The van der Waals surface area contributed by atoms with Crippen LogP contribution in [0.4, 0.5) is 15.7 Å². The van der Waals surface area contributed by atoms with Crippen molar-refractivity contribution in [1.82, 2.24) is 20.2 Å². The lowest BCUT2D eigenvalue weighted by Crippen LogP contribution is -2.50. The molecule has 5 rings (SSSR count). The zero-order chi connectivity index (χ0) is 23.3. The third kappa shape index (κ3) is 5.20. The maximum absolute atomic E-state index is 12.6. The molecule has 11 heteroatoms. The van der Waals surface area contributed by atoms with Crippen LogP contribution in [0.2, 0.25) is 0 Å². The minimum Gasteiger partial charge on any atom is -0.454 e. The van der Waals surface area contributed by atoms with Crippen molar-refractivity contribution in [2.75, 3.05) is 43.2 Å². The van der Waals surface area contributed by atoms with Gasteiger partial charge in [0, 0.05) is 44.3 Å². The summed E-state index contributed by atoms with van der Waals surface area (Å²) < 4.78 is 10.7. The van der Waals surface area contributed by atoms with Gasteiger partial charge in [-0.05, 0) is 29.8 Å². The molecule has 1 aromatic carbocycles. The Balaban J connectivity index is 1.07. The molecular weight excluding hydrogens is 456 g/mol. The average molecular weight is 481 g/mol. The van der Waals surface area contributed by atoms with Crippen molar-refractivity contribution in [2.45, 2.75) is 13.0 Å². The molecule has 3 aromatic rings. The largest absolute Gasteiger partial charge is 0.454 e. The number of anilines is 2. The summed E-state index contributed by atoms with van der Waals surface area (Å²) in [5.41, 5.74) is 1.54. The molecule has 2 N–H and O–H groups in total. The minimum absolute atomic E-state index is 0.139. The van der Waals surface area contributed by atoms with Crippen molar-refractivity contribution in [2.24, 2.45) is 0 Å². The van der Waals surface area contributed by atoms with E-state index in [-0.39, 0.29) is 25.2 Å². The van der Waals surface area contributed by atoms with Crippen LogP contribution in [0.1, 0.15) is 11.3 Å². The summed E-state index contributed by atoms with van der Waals surface area (Å²) in [6, 6.07) is 11.2. The second-order valence-electron chi connectivity index (χ2n) is 7.88. The lowest BCUT2D eigenvalue weighted by molar-refractivity contribution is -0.120. The normalized spacial score (nSPS) is 14.7. The highest BCUT2D eigenvalue weighted by Crippen LogP contribution is 2.32. The van der Waals surface area contributed by atoms with Crippen molar-refractivity contribution in [3.05, 3.63) is 59.2 Å². The molecule has 2 aromatic heterocycles. The quantitative estimate of drug-likeness (QED) is 0.558. The molecule has 2 aliphatic heterocycles. The maximum atomic E-state index is 12.6. The third-order valence-corrected chi connectivity index (χ3v) is 6.38. The maximum Gasteiger partial charge on any atom is 0.323 e. The Labute approximate surface area is 200 Å². The molecule has 34 heavy (non-hydrogen) atoms. The number of ether oxygens (including phenoxy) is 2. The fourth-order valence-corrected chi connectivity index (χ4v) is 4.47. The second-order valence-corrected chi connectivity index (χ2v) is 8.74. The highest BCUT2D eigenvalue weighted by Gasteiger charge is 2.22. The fourth-order valence-electron chi connectivity index (χ4n) is 3.77. The molecule has 4 heterocycles. The number of hydrogen-bond donors (Lipinski definition) is 2. The van der Waals surface area contributed by atoms with Crippen LogP contribution in [0.5, 0.6) is 11.5 Å². The monoisotopic (exact) mass is 480 g/mol. The van der Waals surface area contributed by atoms with Crippen LogP contribution in [0.25, 0.3) is 0 Å². The van der Waals surface area contributed by atoms with Crippen LogP contribution in [0, 0.1) is 0 Å². The summed E-state index contributed by atoms with van der Waals surface area (Å²) in [6.45, 7) is 3.24. The fraction of sp³-hybridized carbons (Fsp3) is 0.304. The molecule has 2 aliphatic rings. The molecule has 176 valence electrons. The van der Waals surface area contributed by atoms with Gasteiger partial charge in [-0.15, -0.1) is 11.3 Å². The van der Waals surface area contributed by atoms with Crippen LogP contribution in [0.15, 0.2) is 48.0 Å². The molecule has 0 unspecified atom stereocenters. The number of nitrogens with zero attached hydrogens (tertiary/aromatic N) is 4. The van der Waals surface area contributed by atoms with Crippen LogP contribution >= 0.6 is 11.3 Å². The first-order valence-electron chi connectivity index (χ1n) is 11.0. The zero-order valence-corrected chi connectivity index (χ0v) is 19.2. The Morgan fingerprint density at radius 2 is 1.91 bits per heavy atom. The predicted octanol–water partition coefficient (Wildman–Crippen LogP) is 2.48. The average Bonchev–Trinajstić information content (AvgIpc) is 3.52. The molecule has 0 bridgehead atoms. The molecule has 0 atom stereocenters.